The van der Waals surface area contributed by atoms with Crippen LogP contribution >= 0.6 is 22.6 Å². The molecule has 1 aromatic rings. The summed E-state index contributed by atoms with van der Waals surface area (Å²) in [6.07, 6.45) is -3.29. The van der Waals surface area contributed by atoms with Gasteiger partial charge in [-0.1, -0.05) is 40.8 Å². The molecule has 0 N–H and O–H groups in total. The number of alkyl halides is 1. The van der Waals surface area contributed by atoms with Crippen LogP contribution in [0.3, 0.4) is 0 Å². The molecule has 0 aliphatic carbocycles. The molecule has 142 valence electrons. The zero-order valence-corrected chi connectivity index (χ0v) is 16.9. The minimum atomic E-state index is -0.848. The number of fused-ring (bicyclic) bond motifs is 1. The summed E-state index contributed by atoms with van der Waals surface area (Å²) in [6.45, 7) is 4.86. The Morgan fingerprint density at radius 2 is 1.92 bits per heavy atom. The van der Waals surface area contributed by atoms with Crippen LogP contribution in [0.4, 0.5) is 0 Å². The summed E-state index contributed by atoms with van der Waals surface area (Å²) in [6, 6.07) is 8.67. The van der Waals surface area contributed by atoms with Gasteiger partial charge in [-0.05, 0) is 26.0 Å². The molecule has 2 heterocycles. The van der Waals surface area contributed by atoms with E-state index in [-0.39, 0.29) is 0 Å². The number of carbonyl (C=O) groups excluding carboxylic acids is 2. The van der Waals surface area contributed by atoms with E-state index in [1.54, 1.807) is 38.1 Å². The third kappa shape index (κ3) is 4.19. The maximum absolute atomic E-state index is 12.5. The van der Waals surface area contributed by atoms with Crippen LogP contribution in [0.25, 0.3) is 0 Å². The Kier molecular flexibility index (Phi) is 5.85. The largest absolute Gasteiger partial charge is 0.459 e. The molecule has 8 heteroatoms. The molecule has 0 saturated carbocycles. The highest BCUT2D eigenvalue weighted by Gasteiger charge is 2.58. The SMILES string of the molecule is CC(=O)O[C@H](CI)[C@H]1O[C@@H]2OC(C)(C)O[C@@H]2[C@@H]1OC(=O)c1ccccc1. The van der Waals surface area contributed by atoms with Crippen molar-refractivity contribution in [1.29, 1.82) is 0 Å². The maximum Gasteiger partial charge on any atom is 0.338 e. The molecule has 0 aromatic heterocycles. The van der Waals surface area contributed by atoms with Crippen molar-refractivity contribution in [3.63, 3.8) is 0 Å². The molecule has 0 spiro atoms. The van der Waals surface area contributed by atoms with Gasteiger partial charge in [0.25, 0.3) is 0 Å². The summed E-state index contributed by atoms with van der Waals surface area (Å²) in [5, 5.41) is 0. The first kappa shape index (κ1) is 19.5. The molecule has 2 fully saturated rings. The Hall–Kier alpha value is -1.23. The van der Waals surface area contributed by atoms with E-state index in [4.69, 9.17) is 23.7 Å². The van der Waals surface area contributed by atoms with Gasteiger partial charge in [0.05, 0.1) is 5.56 Å². The average molecular weight is 476 g/mol. The zero-order chi connectivity index (χ0) is 18.9. The maximum atomic E-state index is 12.5. The number of esters is 2. The second-order valence-electron chi connectivity index (χ2n) is 6.61. The monoisotopic (exact) mass is 476 g/mol. The lowest BCUT2D eigenvalue weighted by Crippen LogP contribution is -2.45. The molecule has 5 atom stereocenters. The van der Waals surface area contributed by atoms with Gasteiger partial charge in [0.2, 0.25) is 0 Å². The molecule has 2 saturated heterocycles. The highest BCUT2D eigenvalue weighted by Crippen LogP contribution is 2.40. The van der Waals surface area contributed by atoms with Crippen LogP contribution in [0.2, 0.25) is 0 Å². The number of rotatable bonds is 5. The molecule has 7 nitrogen and oxygen atoms in total. The summed E-state index contributed by atoms with van der Waals surface area (Å²) in [7, 11) is 0. The molecule has 2 aliphatic rings. The second-order valence-corrected chi connectivity index (χ2v) is 7.49. The normalized spacial score (nSPS) is 30.5. The van der Waals surface area contributed by atoms with Gasteiger partial charge in [-0.3, -0.25) is 4.79 Å². The van der Waals surface area contributed by atoms with Crippen LogP contribution in [0.5, 0.6) is 0 Å². The van der Waals surface area contributed by atoms with Crippen molar-refractivity contribution in [1.82, 2.24) is 0 Å². The standard InChI is InChI=1S/C18H21IO7/c1-10(20)22-12(9-19)13-14(15-17(24-13)26-18(2,3)25-15)23-16(21)11-7-5-4-6-8-11/h4-8,12-15,17H,9H2,1-3H3/t12-,13-,14-,15-,17-/m1/s1. The summed E-state index contributed by atoms with van der Waals surface area (Å²) in [4.78, 5) is 24.0. The Labute approximate surface area is 165 Å². The second kappa shape index (κ2) is 7.79. The fourth-order valence-electron chi connectivity index (χ4n) is 3.10. The van der Waals surface area contributed by atoms with Crippen molar-refractivity contribution in [2.45, 2.75) is 57.3 Å². The molecular formula is C18H21IO7. The first-order valence-electron chi connectivity index (χ1n) is 8.31. The Bertz CT molecular complexity index is 663. The fourth-order valence-corrected chi connectivity index (χ4v) is 3.78. The molecule has 2 aliphatic heterocycles. The van der Waals surface area contributed by atoms with Crippen LogP contribution in [-0.4, -0.2) is 52.9 Å². The number of halogens is 1. The predicted molar refractivity (Wildman–Crippen MR) is 98.8 cm³/mol. The van der Waals surface area contributed by atoms with Gasteiger partial charge in [-0.15, -0.1) is 0 Å². The van der Waals surface area contributed by atoms with Crippen molar-refractivity contribution in [2.24, 2.45) is 0 Å². The van der Waals surface area contributed by atoms with Crippen LogP contribution in [0.1, 0.15) is 31.1 Å². The van der Waals surface area contributed by atoms with Gasteiger partial charge in [-0.25, -0.2) is 4.79 Å². The summed E-state index contributed by atoms with van der Waals surface area (Å²) < 4.78 is 29.1. The van der Waals surface area contributed by atoms with E-state index in [1.165, 1.54) is 6.92 Å². The first-order valence-corrected chi connectivity index (χ1v) is 9.83. The molecule has 3 rings (SSSR count). The minimum absolute atomic E-state index is 0.423. The topological polar surface area (TPSA) is 80.3 Å². The molecular weight excluding hydrogens is 455 g/mol. The van der Waals surface area contributed by atoms with Gasteiger partial charge in [-0.2, -0.15) is 0 Å². The number of hydrogen-bond donors (Lipinski definition) is 0. The van der Waals surface area contributed by atoms with Crippen LogP contribution in [-0.2, 0) is 28.5 Å². The van der Waals surface area contributed by atoms with Crippen LogP contribution in [0.15, 0.2) is 30.3 Å². The van der Waals surface area contributed by atoms with Gasteiger partial charge in [0, 0.05) is 11.4 Å². The van der Waals surface area contributed by atoms with E-state index in [2.05, 4.69) is 22.6 Å². The van der Waals surface area contributed by atoms with Crippen molar-refractivity contribution in [3.8, 4) is 0 Å². The molecule has 26 heavy (non-hydrogen) atoms. The van der Waals surface area contributed by atoms with Crippen molar-refractivity contribution < 1.29 is 33.3 Å². The third-order valence-corrected chi connectivity index (χ3v) is 4.98. The Morgan fingerprint density at radius 1 is 1.23 bits per heavy atom. The van der Waals surface area contributed by atoms with Crippen molar-refractivity contribution in [2.75, 3.05) is 4.43 Å². The number of hydrogen-bond acceptors (Lipinski definition) is 7. The Morgan fingerprint density at radius 3 is 2.54 bits per heavy atom. The lowest BCUT2D eigenvalue weighted by molar-refractivity contribution is -0.226. The molecule has 0 amide bonds. The van der Waals surface area contributed by atoms with E-state index >= 15 is 0 Å². The predicted octanol–water partition coefficient (Wildman–Crippen LogP) is 2.46. The van der Waals surface area contributed by atoms with Gasteiger partial charge in [0.15, 0.2) is 24.3 Å². The minimum Gasteiger partial charge on any atom is -0.459 e. The number of benzene rings is 1. The van der Waals surface area contributed by atoms with Crippen molar-refractivity contribution >= 4 is 34.5 Å². The zero-order valence-electron chi connectivity index (χ0n) is 14.7. The van der Waals surface area contributed by atoms with Gasteiger partial charge < -0.3 is 23.7 Å². The van der Waals surface area contributed by atoms with E-state index in [1.807, 2.05) is 6.07 Å². The summed E-state index contributed by atoms with van der Waals surface area (Å²) in [5.74, 6) is -1.77. The van der Waals surface area contributed by atoms with Gasteiger partial charge in [0.1, 0.15) is 12.2 Å². The van der Waals surface area contributed by atoms with E-state index in [9.17, 15) is 9.59 Å². The fraction of sp³-hybridized carbons (Fsp3) is 0.556. The first-order chi connectivity index (χ1) is 12.3. The molecule has 0 bridgehead atoms. The summed E-state index contributed by atoms with van der Waals surface area (Å²) in [5.41, 5.74) is 0.423. The number of carbonyl (C=O) groups is 2. The highest BCUT2D eigenvalue weighted by atomic mass is 127. The van der Waals surface area contributed by atoms with E-state index < -0.39 is 48.4 Å². The number of ether oxygens (including phenoxy) is 5. The lowest BCUT2D eigenvalue weighted by Gasteiger charge is -2.29. The van der Waals surface area contributed by atoms with E-state index in [0.29, 0.717) is 9.99 Å². The highest BCUT2D eigenvalue weighted by molar-refractivity contribution is 14.1. The van der Waals surface area contributed by atoms with E-state index in [0.717, 1.165) is 0 Å². The van der Waals surface area contributed by atoms with Crippen LogP contribution < -0.4 is 0 Å². The van der Waals surface area contributed by atoms with Crippen LogP contribution in [0, 0.1) is 0 Å². The van der Waals surface area contributed by atoms with Crippen molar-refractivity contribution in [3.05, 3.63) is 35.9 Å². The molecule has 0 radical (unpaired) electrons. The lowest BCUT2D eigenvalue weighted by atomic mass is 10.1. The third-order valence-electron chi connectivity index (χ3n) is 4.12. The summed E-state index contributed by atoms with van der Waals surface area (Å²) >= 11 is 2.10. The smallest absolute Gasteiger partial charge is 0.338 e. The average Bonchev–Trinajstić information content (AvgIpc) is 3.06. The molecule has 1 aromatic carbocycles. The Balaban J connectivity index is 1.82. The quantitative estimate of drug-likeness (QED) is 0.367. The van der Waals surface area contributed by atoms with Gasteiger partial charge >= 0.3 is 11.9 Å². The molecule has 0 unspecified atom stereocenters.